The summed E-state index contributed by atoms with van der Waals surface area (Å²) in [5.74, 6) is 0.0160. The predicted octanol–water partition coefficient (Wildman–Crippen LogP) is 3.52. The summed E-state index contributed by atoms with van der Waals surface area (Å²) in [5, 5.41) is 9.91. The summed E-state index contributed by atoms with van der Waals surface area (Å²) in [4.78, 5) is 26.8. The van der Waals surface area contributed by atoms with Crippen LogP contribution in [0.4, 0.5) is 0 Å². The van der Waals surface area contributed by atoms with Crippen molar-refractivity contribution in [1.82, 2.24) is 4.90 Å². The molecule has 2 aromatic rings. The molecular formula is C23H25NO5. The zero-order valence-corrected chi connectivity index (χ0v) is 16.5. The van der Waals surface area contributed by atoms with Crippen LogP contribution in [0.3, 0.4) is 0 Å². The lowest BCUT2D eigenvalue weighted by molar-refractivity contribution is -0.145. The molecule has 0 saturated carbocycles. The normalized spacial score (nSPS) is 15.4. The second-order valence-electron chi connectivity index (χ2n) is 7.01. The SMILES string of the molecule is C=CCOc1ccc(C(=O)N2CCC(C(=O)O)(c3ccccc3)CC2)cc1OC. The van der Waals surface area contributed by atoms with Crippen molar-refractivity contribution in [2.45, 2.75) is 18.3 Å². The van der Waals surface area contributed by atoms with Gasteiger partial charge in [0, 0.05) is 18.7 Å². The lowest BCUT2D eigenvalue weighted by Gasteiger charge is -2.39. The van der Waals surface area contributed by atoms with E-state index in [0.717, 1.165) is 5.56 Å². The van der Waals surface area contributed by atoms with Gasteiger partial charge in [0.1, 0.15) is 6.61 Å². The van der Waals surface area contributed by atoms with Gasteiger partial charge in [0.05, 0.1) is 12.5 Å². The highest BCUT2D eigenvalue weighted by atomic mass is 16.5. The van der Waals surface area contributed by atoms with Gasteiger partial charge in [0.15, 0.2) is 11.5 Å². The molecule has 1 heterocycles. The smallest absolute Gasteiger partial charge is 0.314 e. The van der Waals surface area contributed by atoms with E-state index in [1.807, 2.05) is 30.3 Å². The number of ether oxygens (including phenoxy) is 2. The second-order valence-corrected chi connectivity index (χ2v) is 7.01. The number of carboxylic acid groups (broad SMARTS) is 1. The number of rotatable bonds is 7. The lowest BCUT2D eigenvalue weighted by atomic mass is 9.73. The number of piperidine rings is 1. The fraction of sp³-hybridized carbons (Fsp3) is 0.304. The van der Waals surface area contributed by atoms with Crippen LogP contribution in [-0.2, 0) is 10.2 Å². The highest BCUT2D eigenvalue weighted by Gasteiger charge is 2.43. The number of hydrogen-bond donors (Lipinski definition) is 1. The second kappa shape index (κ2) is 8.82. The van der Waals surface area contributed by atoms with Crippen molar-refractivity contribution in [2.24, 2.45) is 0 Å². The molecule has 1 saturated heterocycles. The fourth-order valence-electron chi connectivity index (χ4n) is 3.73. The molecule has 152 valence electrons. The Balaban J connectivity index is 1.76. The molecule has 0 spiro atoms. The van der Waals surface area contributed by atoms with Crippen molar-refractivity contribution < 1.29 is 24.2 Å². The van der Waals surface area contributed by atoms with Crippen LogP contribution in [0.25, 0.3) is 0 Å². The average Bonchev–Trinajstić information content (AvgIpc) is 2.77. The summed E-state index contributed by atoms with van der Waals surface area (Å²) < 4.78 is 10.9. The molecule has 2 aromatic carbocycles. The molecule has 0 bridgehead atoms. The van der Waals surface area contributed by atoms with Crippen LogP contribution in [0.15, 0.2) is 61.2 Å². The van der Waals surface area contributed by atoms with E-state index in [-0.39, 0.29) is 5.91 Å². The fourth-order valence-corrected chi connectivity index (χ4v) is 3.73. The van der Waals surface area contributed by atoms with E-state index < -0.39 is 11.4 Å². The minimum Gasteiger partial charge on any atom is -0.493 e. The maximum Gasteiger partial charge on any atom is 0.314 e. The molecule has 1 aliphatic rings. The van der Waals surface area contributed by atoms with E-state index in [1.54, 1.807) is 29.2 Å². The van der Waals surface area contributed by atoms with Crippen molar-refractivity contribution in [3.05, 3.63) is 72.3 Å². The van der Waals surface area contributed by atoms with E-state index in [2.05, 4.69) is 6.58 Å². The first kappa shape index (κ1) is 20.5. The minimum atomic E-state index is -0.960. The number of carboxylic acids is 1. The van der Waals surface area contributed by atoms with Crippen molar-refractivity contribution in [2.75, 3.05) is 26.8 Å². The number of hydrogen-bond acceptors (Lipinski definition) is 4. The number of carbonyl (C=O) groups excluding carboxylic acids is 1. The molecule has 3 rings (SSSR count). The number of nitrogens with zero attached hydrogens (tertiary/aromatic N) is 1. The molecule has 0 aliphatic carbocycles. The predicted molar refractivity (Wildman–Crippen MR) is 110 cm³/mol. The Kier molecular flexibility index (Phi) is 6.22. The molecule has 1 amide bonds. The number of likely N-dealkylation sites (tertiary alicyclic amines) is 1. The van der Waals surface area contributed by atoms with Crippen LogP contribution >= 0.6 is 0 Å². The number of aliphatic carboxylic acids is 1. The molecular weight excluding hydrogens is 370 g/mol. The van der Waals surface area contributed by atoms with E-state index in [4.69, 9.17) is 9.47 Å². The maximum atomic E-state index is 13.0. The molecule has 0 unspecified atom stereocenters. The summed E-state index contributed by atoms with van der Waals surface area (Å²) in [6.45, 7) is 4.70. The highest BCUT2D eigenvalue weighted by Crippen LogP contribution is 2.37. The molecule has 0 atom stereocenters. The van der Waals surface area contributed by atoms with E-state index in [0.29, 0.717) is 49.6 Å². The molecule has 29 heavy (non-hydrogen) atoms. The van der Waals surface area contributed by atoms with Crippen LogP contribution in [-0.4, -0.2) is 48.7 Å². The number of amides is 1. The van der Waals surface area contributed by atoms with Gasteiger partial charge in [-0.15, -0.1) is 0 Å². The van der Waals surface area contributed by atoms with Crippen molar-refractivity contribution >= 4 is 11.9 Å². The molecule has 1 N–H and O–H groups in total. The van der Waals surface area contributed by atoms with Crippen LogP contribution in [0, 0.1) is 0 Å². The van der Waals surface area contributed by atoms with Gasteiger partial charge >= 0.3 is 5.97 Å². The number of carbonyl (C=O) groups is 2. The third-order valence-electron chi connectivity index (χ3n) is 5.41. The van der Waals surface area contributed by atoms with Gasteiger partial charge < -0.3 is 19.5 Å². The summed E-state index contributed by atoms with van der Waals surface area (Å²) in [7, 11) is 1.52. The quantitative estimate of drug-likeness (QED) is 0.726. The van der Waals surface area contributed by atoms with Crippen LogP contribution in [0.2, 0.25) is 0 Å². The van der Waals surface area contributed by atoms with Gasteiger partial charge in [0.25, 0.3) is 5.91 Å². The van der Waals surface area contributed by atoms with Crippen LogP contribution in [0.1, 0.15) is 28.8 Å². The van der Waals surface area contributed by atoms with Crippen LogP contribution in [0.5, 0.6) is 11.5 Å². The first-order chi connectivity index (χ1) is 14.0. The monoisotopic (exact) mass is 395 g/mol. The highest BCUT2D eigenvalue weighted by molar-refractivity contribution is 5.95. The first-order valence-corrected chi connectivity index (χ1v) is 9.52. The summed E-state index contributed by atoms with van der Waals surface area (Å²) >= 11 is 0. The minimum absolute atomic E-state index is 0.148. The summed E-state index contributed by atoms with van der Waals surface area (Å²) in [5.41, 5.74) is 0.304. The van der Waals surface area contributed by atoms with Gasteiger partial charge in [-0.3, -0.25) is 9.59 Å². The van der Waals surface area contributed by atoms with Gasteiger partial charge in [-0.25, -0.2) is 0 Å². The Labute approximate surface area is 170 Å². The first-order valence-electron chi connectivity index (χ1n) is 9.52. The van der Waals surface area contributed by atoms with Gasteiger partial charge in [-0.1, -0.05) is 43.0 Å². The van der Waals surface area contributed by atoms with E-state index in [1.165, 1.54) is 7.11 Å². The standard InChI is InChI=1S/C23H25NO5/c1-3-15-29-19-10-9-17(16-20(19)28-2)21(25)24-13-11-23(12-14-24,22(26)27)18-7-5-4-6-8-18/h3-10,16H,1,11-15H2,2H3,(H,26,27). The van der Waals surface area contributed by atoms with Gasteiger partial charge in [-0.05, 0) is 36.6 Å². The van der Waals surface area contributed by atoms with E-state index >= 15 is 0 Å². The zero-order chi connectivity index (χ0) is 20.9. The van der Waals surface area contributed by atoms with Gasteiger partial charge in [-0.2, -0.15) is 0 Å². The average molecular weight is 395 g/mol. The Morgan fingerprint density at radius 3 is 2.41 bits per heavy atom. The maximum absolute atomic E-state index is 13.0. The zero-order valence-electron chi connectivity index (χ0n) is 16.5. The third-order valence-corrected chi connectivity index (χ3v) is 5.41. The van der Waals surface area contributed by atoms with Crippen LogP contribution < -0.4 is 9.47 Å². The van der Waals surface area contributed by atoms with Crippen molar-refractivity contribution in [3.8, 4) is 11.5 Å². The number of benzene rings is 2. The molecule has 0 aromatic heterocycles. The molecule has 1 aliphatic heterocycles. The topological polar surface area (TPSA) is 76.1 Å². The van der Waals surface area contributed by atoms with Crippen molar-refractivity contribution in [1.29, 1.82) is 0 Å². The molecule has 6 heteroatoms. The molecule has 0 radical (unpaired) electrons. The summed E-state index contributed by atoms with van der Waals surface area (Å²) in [6.07, 6.45) is 2.37. The lowest BCUT2D eigenvalue weighted by Crippen LogP contribution is -2.49. The van der Waals surface area contributed by atoms with Gasteiger partial charge in [0.2, 0.25) is 0 Å². The van der Waals surface area contributed by atoms with Crippen molar-refractivity contribution in [3.63, 3.8) is 0 Å². The largest absolute Gasteiger partial charge is 0.493 e. The molecule has 1 fully saturated rings. The summed E-state index contributed by atoms with van der Waals surface area (Å²) in [6, 6.07) is 14.3. The third kappa shape index (κ3) is 4.11. The van der Waals surface area contributed by atoms with E-state index in [9.17, 15) is 14.7 Å². The Morgan fingerprint density at radius 2 is 1.83 bits per heavy atom. The Bertz CT molecular complexity index is 885. The number of methoxy groups -OCH3 is 1. The Hall–Kier alpha value is -3.28. The molecule has 6 nitrogen and oxygen atoms in total. The Morgan fingerprint density at radius 1 is 1.14 bits per heavy atom.